The third kappa shape index (κ3) is 3.16. The van der Waals surface area contributed by atoms with Crippen LogP contribution in [0.2, 0.25) is 0 Å². The predicted molar refractivity (Wildman–Crippen MR) is 68.9 cm³/mol. The molecule has 2 aromatic rings. The Kier molecular flexibility index (Phi) is 3.92. The van der Waals surface area contributed by atoms with Crippen LogP contribution in [-0.2, 0) is 17.5 Å². The van der Waals surface area contributed by atoms with Gasteiger partial charge in [-0.3, -0.25) is 5.10 Å². The molecule has 1 fully saturated rings. The van der Waals surface area contributed by atoms with Crippen LogP contribution < -0.4 is 5.32 Å². The molecule has 3 rings (SSSR count). The minimum atomic E-state index is -4.49. The van der Waals surface area contributed by atoms with Crippen molar-refractivity contribution in [3.8, 4) is 0 Å². The van der Waals surface area contributed by atoms with Gasteiger partial charge in [0, 0.05) is 12.5 Å². The summed E-state index contributed by atoms with van der Waals surface area (Å²) < 4.78 is 43.7. The number of H-pyrrole nitrogens is 1. The Bertz CT molecular complexity index is 638. The van der Waals surface area contributed by atoms with Gasteiger partial charge < -0.3 is 10.1 Å². The lowest BCUT2D eigenvalue weighted by Crippen LogP contribution is -2.13. The first kappa shape index (κ1) is 14.7. The monoisotopic (exact) mass is 314 g/mol. The van der Waals surface area contributed by atoms with Crippen LogP contribution in [0.5, 0.6) is 0 Å². The van der Waals surface area contributed by atoms with Gasteiger partial charge in [0.2, 0.25) is 0 Å². The largest absolute Gasteiger partial charge is 0.420 e. The molecule has 3 heterocycles. The van der Waals surface area contributed by atoms with Gasteiger partial charge in [-0.15, -0.1) is 5.10 Å². The number of hydrogen-bond acceptors (Lipinski definition) is 6. The highest BCUT2D eigenvalue weighted by Crippen LogP contribution is 2.33. The second-order valence-corrected chi connectivity index (χ2v) is 4.85. The van der Waals surface area contributed by atoms with Crippen LogP contribution in [0.1, 0.15) is 29.6 Å². The van der Waals surface area contributed by atoms with Crippen LogP contribution >= 0.6 is 0 Å². The Balaban J connectivity index is 1.68. The molecule has 1 unspecified atom stereocenters. The number of aromatic nitrogens is 5. The Morgan fingerprint density at radius 2 is 2.27 bits per heavy atom. The first-order valence-corrected chi connectivity index (χ1v) is 6.65. The molecular weight excluding hydrogens is 301 g/mol. The smallest absolute Gasteiger partial charge is 0.381 e. The maximum Gasteiger partial charge on any atom is 0.420 e. The lowest BCUT2D eigenvalue weighted by Gasteiger charge is -2.11. The second-order valence-electron chi connectivity index (χ2n) is 4.85. The molecule has 118 valence electrons. The van der Waals surface area contributed by atoms with Gasteiger partial charge in [-0.25, -0.2) is 4.98 Å². The average molecular weight is 314 g/mol. The molecule has 2 aromatic heterocycles. The molecule has 1 saturated heterocycles. The minimum absolute atomic E-state index is 0.0440. The van der Waals surface area contributed by atoms with Crippen LogP contribution in [0, 0.1) is 0 Å². The quantitative estimate of drug-likeness (QED) is 0.893. The maximum absolute atomic E-state index is 12.8. The molecule has 7 nitrogen and oxygen atoms in total. The molecular formula is C12H13F3N6O. The van der Waals surface area contributed by atoms with Crippen LogP contribution in [0.4, 0.5) is 19.0 Å². The van der Waals surface area contributed by atoms with Gasteiger partial charge in [0.15, 0.2) is 11.6 Å². The Labute approximate surface area is 123 Å². The molecule has 10 heteroatoms. The minimum Gasteiger partial charge on any atom is -0.381 e. The van der Waals surface area contributed by atoms with E-state index in [1.54, 1.807) is 0 Å². The van der Waals surface area contributed by atoms with Crippen molar-refractivity contribution in [3.05, 3.63) is 29.5 Å². The molecule has 0 saturated carbocycles. The van der Waals surface area contributed by atoms with Crippen LogP contribution in [0.25, 0.3) is 0 Å². The van der Waals surface area contributed by atoms with E-state index in [1.165, 1.54) is 0 Å². The van der Waals surface area contributed by atoms with E-state index in [1.807, 2.05) is 0 Å². The van der Waals surface area contributed by atoms with Gasteiger partial charge in [-0.05, 0) is 12.5 Å². The van der Waals surface area contributed by atoms with Gasteiger partial charge >= 0.3 is 6.18 Å². The summed E-state index contributed by atoms with van der Waals surface area (Å²) in [6.45, 7) is 1.27. The van der Waals surface area contributed by atoms with Crippen molar-refractivity contribution in [2.45, 2.75) is 25.1 Å². The van der Waals surface area contributed by atoms with Crippen molar-refractivity contribution >= 4 is 5.82 Å². The zero-order chi connectivity index (χ0) is 15.6. The molecule has 0 spiro atoms. The number of nitrogens with one attached hydrogen (secondary N) is 2. The molecule has 22 heavy (non-hydrogen) atoms. The lowest BCUT2D eigenvalue weighted by atomic mass is 10.1. The number of hydrogen-bond donors (Lipinski definition) is 2. The van der Waals surface area contributed by atoms with Crippen molar-refractivity contribution in [2.24, 2.45) is 0 Å². The van der Waals surface area contributed by atoms with Gasteiger partial charge in [0.1, 0.15) is 11.4 Å². The zero-order valence-electron chi connectivity index (χ0n) is 11.4. The predicted octanol–water partition coefficient (Wildman–Crippen LogP) is 1.73. The number of ether oxygens (including phenoxy) is 1. The van der Waals surface area contributed by atoms with E-state index in [0.717, 1.165) is 18.7 Å². The summed E-state index contributed by atoms with van der Waals surface area (Å²) in [6, 6.07) is 0.872. The fourth-order valence-corrected chi connectivity index (χ4v) is 2.17. The molecule has 1 atom stereocenters. The van der Waals surface area contributed by atoms with E-state index >= 15 is 0 Å². The van der Waals surface area contributed by atoms with E-state index in [4.69, 9.17) is 4.74 Å². The summed E-state index contributed by atoms with van der Waals surface area (Å²) in [6.07, 6.45) is -2.65. The number of anilines is 1. The summed E-state index contributed by atoms with van der Waals surface area (Å²) in [4.78, 5) is 4.26. The number of nitrogens with zero attached hydrogens (tertiary/aromatic N) is 4. The summed E-state index contributed by atoms with van der Waals surface area (Å²) in [5, 5.41) is 16.3. The van der Waals surface area contributed by atoms with E-state index < -0.39 is 11.7 Å². The highest BCUT2D eigenvalue weighted by Gasteiger charge is 2.34. The van der Waals surface area contributed by atoms with Crippen LogP contribution in [0.3, 0.4) is 0 Å². The van der Waals surface area contributed by atoms with Crippen LogP contribution in [-0.4, -0.2) is 38.6 Å². The molecule has 0 aromatic carbocycles. The zero-order valence-corrected chi connectivity index (χ0v) is 11.4. The Morgan fingerprint density at radius 1 is 1.41 bits per heavy atom. The highest BCUT2D eigenvalue weighted by atomic mass is 19.4. The normalized spacial score (nSPS) is 18.6. The van der Waals surface area contributed by atoms with Crippen molar-refractivity contribution in [2.75, 3.05) is 18.5 Å². The number of alkyl halides is 3. The fourth-order valence-electron chi connectivity index (χ4n) is 2.17. The molecule has 0 amide bonds. The molecule has 1 aliphatic rings. The summed E-state index contributed by atoms with van der Waals surface area (Å²) in [7, 11) is 0. The molecule has 1 aliphatic heterocycles. The second kappa shape index (κ2) is 5.87. The van der Waals surface area contributed by atoms with Crippen molar-refractivity contribution in [3.63, 3.8) is 0 Å². The molecule has 0 bridgehead atoms. The number of rotatable bonds is 4. The van der Waals surface area contributed by atoms with E-state index in [-0.39, 0.29) is 18.3 Å². The number of halogens is 3. The first-order chi connectivity index (χ1) is 10.5. The summed E-state index contributed by atoms with van der Waals surface area (Å²) in [5.41, 5.74) is -0.869. The van der Waals surface area contributed by atoms with Crippen molar-refractivity contribution < 1.29 is 17.9 Å². The van der Waals surface area contributed by atoms with Gasteiger partial charge in [0.25, 0.3) is 0 Å². The van der Waals surface area contributed by atoms with Crippen LogP contribution in [0.15, 0.2) is 12.3 Å². The Hall–Kier alpha value is -2.23. The molecule has 0 aliphatic carbocycles. The number of aromatic amines is 1. The average Bonchev–Trinajstić information content (AvgIpc) is 3.15. The summed E-state index contributed by atoms with van der Waals surface area (Å²) >= 11 is 0. The van der Waals surface area contributed by atoms with Crippen molar-refractivity contribution in [1.29, 1.82) is 0 Å². The topological polar surface area (TPSA) is 88.6 Å². The van der Waals surface area contributed by atoms with Crippen molar-refractivity contribution in [1.82, 2.24) is 25.4 Å². The van der Waals surface area contributed by atoms with Gasteiger partial charge in [-0.1, -0.05) is 0 Å². The molecule has 0 radical (unpaired) electrons. The molecule has 2 N–H and O–H groups in total. The summed E-state index contributed by atoms with van der Waals surface area (Å²) in [5.74, 6) is 0.842. The Morgan fingerprint density at radius 3 is 3.00 bits per heavy atom. The maximum atomic E-state index is 12.8. The van der Waals surface area contributed by atoms with Gasteiger partial charge in [-0.2, -0.15) is 23.4 Å². The SMILES string of the molecule is FC(F)(F)c1ccnnc1NCc1nc(C2CCOC2)n[nH]1. The fraction of sp³-hybridized carbons (Fsp3) is 0.500. The van der Waals surface area contributed by atoms with Gasteiger partial charge in [0.05, 0.1) is 19.3 Å². The third-order valence-corrected chi connectivity index (χ3v) is 3.29. The first-order valence-electron chi connectivity index (χ1n) is 6.65. The van der Waals surface area contributed by atoms with E-state index in [9.17, 15) is 13.2 Å². The van der Waals surface area contributed by atoms with E-state index in [0.29, 0.717) is 24.9 Å². The highest BCUT2D eigenvalue weighted by molar-refractivity contribution is 5.44. The lowest BCUT2D eigenvalue weighted by molar-refractivity contribution is -0.137. The van der Waals surface area contributed by atoms with E-state index in [2.05, 4.69) is 30.7 Å². The third-order valence-electron chi connectivity index (χ3n) is 3.29. The standard InChI is InChI=1S/C12H13F3N6O/c13-12(14,15)8-1-3-17-20-11(8)16-5-9-18-10(21-19-9)7-2-4-22-6-7/h1,3,7H,2,4-6H2,(H,16,20)(H,18,19,21).